The third kappa shape index (κ3) is 4.07. The van der Waals surface area contributed by atoms with Gasteiger partial charge in [-0.05, 0) is 63.7 Å². The van der Waals surface area contributed by atoms with Crippen LogP contribution >= 0.6 is 0 Å². The SMILES string of the molecule is Cc1ccc(C)c(C(C)NC(=O)CC2CCCNC2)c1. The summed E-state index contributed by atoms with van der Waals surface area (Å²) in [5.74, 6) is 0.668. The summed E-state index contributed by atoms with van der Waals surface area (Å²) < 4.78 is 0. The lowest BCUT2D eigenvalue weighted by molar-refractivity contribution is -0.122. The molecule has 0 saturated carbocycles. The van der Waals surface area contributed by atoms with Gasteiger partial charge in [-0.1, -0.05) is 23.8 Å². The number of piperidine rings is 1. The van der Waals surface area contributed by atoms with Crippen molar-refractivity contribution in [2.45, 2.75) is 46.1 Å². The van der Waals surface area contributed by atoms with E-state index in [1.807, 2.05) is 0 Å². The zero-order chi connectivity index (χ0) is 14.5. The first-order valence-corrected chi connectivity index (χ1v) is 7.63. The molecule has 1 heterocycles. The Morgan fingerprint density at radius 1 is 1.45 bits per heavy atom. The number of nitrogens with one attached hydrogen (secondary N) is 2. The minimum absolute atomic E-state index is 0.0824. The Labute approximate surface area is 122 Å². The maximum Gasteiger partial charge on any atom is 0.220 e. The summed E-state index contributed by atoms with van der Waals surface area (Å²) in [6.45, 7) is 8.33. The van der Waals surface area contributed by atoms with Crippen LogP contribution in [-0.2, 0) is 4.79 Å². The average molecular weight is 274 g/mol. The highest BCUT2D eigenvalue weighted by atomic mass is 16.1. The fraction of sp³-hybridized carbons (Fsp3) is 0.588. The van der Waals surface area contributed by atoms with E-state index >= 15 is 0 Å². The zero-order valence-corrected chi connectivity index (χ0v) is 12.8. The number of hydrogen-bond acceptors (Lipinski definition) is 2. The summed E-state index contributed by atoms with van der Waals surface area (Å²) in [5.41, 5.74) is 3.70. The molecule has 20 heavy (non-hydrogen) atoms. The second-order valence-electron chi connectivity index (χ2n) is 6.07. The Kier molecular flexibility index (Phi) is 5.18. The molecule has 110 valence electrons. The first-order chi connectivity index (χ1) is 9.56. The molecule has 0 aliphatic carbocycles. The van der Waals surface area contributed by atoms with Gasteiger partial charge in [0, 0.05) is 6.42 Å². The number of aryl methyl sites for hydroxylation is 2. The van der Waals surface area contributed by atoms with Crippen molar-refractivity contribution in [3.63, 3.8) is 0 Å². The van der Waals surface area contributed by atoms with E-state index in [0.717, 1.165) is 19.5 Å². The number of benzene rings is 1. The Bertz CT molecular complexity index is 464. The standard InChI is InChI=1S/C17H26N2O/c1-12-6-7-13(2)16(9-12)14(3)19-17(20)10-15-5-4-8-18-11-15/h6-7,9,14-15,18H,4-5,8,10-11H2,1-3H3,(H,19,20). The zero-order valence-electron chi connectivity index (χ0n) is 12.8. The monoisotopic (exact) mass is 274 g/mol. The summed E-state index contributed by atoms with van der Waals surface area (Å²) in [6, 6.07) is 6.49. The van der Waals surface area contributed by atoms with Gasteiger partial charge in [0.25, 0.3) is 0 Å². The van der Waals surface area contributed by atoms with Crippen molar-refractivity contribution in [3.8, 4) is 0 Å². The van der Waals surface area contributed by atoms with Crippen molar-refractivity contribution in [1.82, 2.24) is 10.6 Å². The van der Waals surface area contributed by atoms with E-state index in [2.05, 4.69) is 49.6 Å². The van der Waals surface area contributed by atoms with E-state index in [-0.39, 0.29) is 11.9 Å². The highest BCUT2D eigenvalue weighted by Gasteiger charge is 2.18. The highest BCUT2D eigenvalue weighted by Crippen LogP contribution is 2.20. The molecule has 1 aliphatic heterocycles. The van der Waals surface area contributed by atoms with Gasteiger partial charge in [0.2, 0.25) is 5.91 Å². The molecule has 1 fully saturated rings. The van der Waals surface area contributed by atoms with Crippen LogP contribution in [0, 0.1) is 19.8 Å². The lowest BCUT2D eigenvalue weighted by atomic mass is 9.95. The van der Waals surface area contributed by atoms with Gasteiger partial charge in [0.1, 0.15) is 0 Å². The molecule has 2 unspecified atom stereocenters. The minimum atomic E-state index is 0.0824. The lowest BCUT2D eigenvalue weighted by Gasteiger charge is -2.23. The van der Waals surface area contributed by atoms with E-state index in [1.54, 1.807) is 0 Å². The molecule has 2 atom stereocenters. The van der Waals surface area contributed by atoms with E-state index in [4.69, 9.17) is 0 Å². The van der Waals surface area contributed by atoms with Crippen LogP contribution in [-0.4, -0.2) is 19.0 Å². The molecule has 1 aliphatic rings. The molecular weight excluding hydrogens is 248 g/mol. The van der Waals surface area contributed by atoms with Gasteiger partial charge in [-0.15, -0.1) is 0 Å². The van der Waals surface area contributed by atoms with Gasteiger partial charge >= 0.3 is 0 Å². The van der Waals surface area contributed by atoms with Crippen molar-refractivity contribution < 1.29 is 4.79 Å². The predicted octanol–water partition coefficient (Wildman–Crippen LogP) is 2.87. The highest BCUT2D eigenvalue weighted by molar-refractivity contribution is 5.76. The summed E-state index contributed by atoms with van der Waals surface area (Å²) in [7, 11) is 0. The molecule has 0 spiro atoms. The van der Waals surface area contributed by atoms with Crippen LogP contribution in [0.15, 0.2) is 18.2 Å². The van der Waals surface area contributed by atoms with Gasteiger partial charge in [-0.2, -0.15) is 0 Å². The van der Waals surface area contributed by atoms with E-state index in [0.29, 0.717) is 12.3 Å². The normalized spacial score (nSPS) is 20.4. The Morgan fingerprint density at radius 3 is 2.95 bits per heavy atom. The van der Waals surface area contributed by atoms with Crippen LogP contribution in [0.4, 0.5) is 0 Å². The van der Waals surface area contributed by atoms with Crippen LogP contribution < -0.4 is 10.6 Å². The first kappa shape index (κ1) is 15.0. The maximum absolute atomic E-state index is 12.2. The second kappa shape index (κ2) is 6.89. The summed E-state index contributed by atoms with van der Waals surface area (Å²) in [6.07, 6.45) is 2.99. The van der Waals surface area contributed by atoms with Crippen molar-refractivity contribution in [2.75, 3.05) is 13.1 Å². The first-order valence-electron chi connectivity index (χ1n) is 7.63. The molecule has 2 rings (SSSR count). The van der Waals surface area contributed by atoms with Crippen LogP contribution in [0.3, 0.4) is 0 Å². The average Bonchev–Trinajstić information content (AvgIpc) is 2.42. The fourth-order valence-electron chi connectivity index (χ4n) is 2.96. The molecular formula is C17H26N2O. The Balaban J connectivity index is 1.91. The van der Waals surface area contributed by atoms with Crippen LogP contribution in [0.1, 0.15) is 48.9 Å². The summed E-state index contributed by atoms with van der Waals surface area (Å²) in [5, 5.41) is 6.51. The van der Waals surface area contributed by atoms with E-state index < -0.39 is 0 Å². The van der Waals surface area contributed by atoms with Gasteiger partial charge in [-0.3, -0.25) is 4.79 Å². The predicted molar refractivity (Wildman–Crippen MR) is 82.7 cm³/mol. The molecule has 0 bridgehead atoms. The van der Waals surface area contributed by atoms with Crippen molar-refractivity contribution >= 4 is 5.91 Å². The second-order valence-corrected chi connectivity index (χ2v) is 6.07. The van der Waals surface area contributed by atoms with Crippen molar-refractivity contribution in [1.29, 1.82) is 0 Å². The topological polar surface area (TPSA) is 41.1 Å². The Hall–Kier alpha value is -1.35. The molecule has 0 radical (unpaired) electrons. The quantitative estimate of drug-likeness (QED) is 0.886. The number of amides is 1. The number of carbonyl (C=O) groups excluding carboxylic acids is 1. The molecule has 3 nitrogen and oxygen atoms in total. The van der Waals surface area contributed by atoms with Gasteiger partial charge in [0.15, 0.2) is 0 Å². The minimum Gasteiger partial charge on any atom is -0.350 e. The van der Waals surface area contributed by atoms with Crippen molar-refractivity contribution in [3.05, 3.63) is 34.9 Å². The number of rotatable bonds is 4. The van der Waals surface area contributed by atoms with Crippen LogP contribution in [0.5, 0.6) is 0 Å². The van der Waals surface area contributed by atoms with Crippen molar-refractivity contribution in [2.24, 2.45) is 5.92 Å². The molecule has 0 aromatic heterocycles. The molecule has 1 saturated heterocycles. The third-order valence-electron chi connectivity index (χ3n) is 4.15. The van der Waals surface area contributed by atoms with Gasteiger partial charge < -0.3 is 10.6 Å². The smallest absolute Gasteiger partial charge is 0.220 e. The number of hydrogen-bond donors (Lipinski definition) is 2. The van der Waals surface area contributed by atoms with E-state index in [1.165, 1.54) is 23.1 Å². The molecule has 1 amide bonds. The number of carbonyl (C=O) groups is 1. The molecule has 3 heteroatoms. The fourth-order valence-corrected chi connectivity index (χ4v) is 2.96. The Morgan fingerprint density at radius 2 is 2.25 bits per heavy atom. The van der Waals surface area contributed by atoms with Gasteiger partial charge in [-0.25, -0.2) is 0 Å². The molecule has 2 N–H and O–H groups in total. The van der Waals surface area contributed by atoms with Gasteiger partial charge in [0.05, 0.1) is 6.04 Å². The summed E-state index contributed by atoms with van der Waals surface area (Å²) in [4.78, 5) is 12.2. The molecule has 1 aromatic rings. The van der Waals surface area contributed by atoms with Crippen LogP contribution in [0.25, 0.3) is 0 Å². The molecule has 1 aromatic carbocycles. The van der Waals surface area contributed by atoms with E-state index in [9.17, 15) is 4.79 Å². The third-order valence-corrected chi connectivity index (χ3v) is 4.15. The van der Waals surface area contributed by atoms with Crippen LogP contribution in [0.2, 0.25) is 0 Å². The summed E-state index contributed by atoms with van der Waals surface area (Å²) >= 11 is 0. The maximum atomic E-state index is 12.2. The lowest BCUT2D eigenvalue weighted by Crippen LogP contribution is -2.35. The largest absolute Gasteiger partial charge is 0.350 e.